The Morgan fingerprint density at radius 3 is 2.86 bits per heavy atom. The molecule has 1 N–H and O–H groups in total. The van der Waals surface area contributed by atoms with Gasteiger partial charge < -0.3 is 10.1 Å². The fourth-order valence-corrected chi connectivity index (χ4v) is 5.34. The Kier molecular flexibility index (Phi) is 3.05. The fraction of sp³-hybridized carbons (Fsp3) is 0.467. The predicted octanol–water partition coefficient (Wildman–Crippen LogP) is 2.85. The van der Waals surface area contributed by atoms with E-state index in [1.165, 1.54) is 0 Å². The lowest BCUT2D eigenvalue weighted by atomic mass is 9.79. The number of amides is 1. The molecule has 1 aromatic rings. The fourth-order valence-electron chi connectivity index (χ4n) is 4.11. The molecular weight excluding hydrogens is 358 g/mol. The van der Waals surface area contributed by atoms with Gasteiger partial charge >= 0.3 is 5.97 Å². The van der Waals surface area contributed by atoms with Crippen LogP contribution in [0.4, 0.5) is 5.69 Å². The molecule has 6 heteroatoms. The number of hydrogen-bond donors (Lipinski definition) is 1. The molecule has 1 saturated heterocycles. The largest absolute Gasteiger partial charge is 0.461 e. The highest BCUT2D eigenvalue weighted by molar-refractivity contribution is 9.09. The number of hydrogen-bond acceptors (Lipinski definition) is 3. The standard InChI is InChI=1S/C15H13BrClNO3/c16-12-6-5-7-11(15(20)21-13(7)12)10(6)14(19)18-9-4-2-1-3-8(9)17/h1-4,6-7,10-13H,5H2,(H,18,19)/t6-,7+,10+,11+,12-,13+/m1/s1. The highest BCUT2D eigenvalue weighted by Crippen LogP contribution is 2.60. The third-order valence-corrected chi connectivity index (χ3v) is 6.49. The highest BCUT2D eigenvalue weighted by atomic mass is 79.9. The van der Waals surface area contributed by atoms with Gasteiger partial charge in [-0.1, -0.05) is 39.7 Å². The van der Waals surface area contributed by atoms with Gasteiger partial charge in [0, 0.05) is 5.92 Å². The molecule has 1 amide bonds. The molecule has 3 fully saturated rings. The summed E-state index contributed by atoms with van der Waals surface area (Å²) in [6.45, 7) is 0. The summed E-state index contributed by atoms with van der Waals surface area (Å²) in [7, 11) is 0. The molecule has 2 aliphatic carbocycles. The van der Waals surface area contributed by atoms with E-state index in [2.05, 4.69) is 21.2 Å². The lowest BCUT2D eigenvalue weighted by Crippen LogP contribution is -2.40. The van der Waals surface area contributed by atoms with Crippen LogP contribution in [-0.4, -0.2) is 22.8 Å². The second kappa shape index (κ2) is 4.71. The van der Waals surface area contributed by atoms with E-state index < -0.39 is 0 Å². The van der Waals surface area contributed by atoms with Crippen molar-refractivity contribution in [2.75, 3.05) is 5.32 Å². The van der Waals surface area contributed by atoms with Crippen LogP contribution in [0.3, 0.4) is 0 Å². The molecule has 110 valence electrons. The summed E-state index contributed by atoms with van der Waals surface area (Å²) in [5.41, 5.74) is 0.584. The van der Waals surface area contributed by atoms with E-state index >= 15 is 0 Å². The first-order valence-corrected chi connectivity index (χ1v) is 8.27. The molecular formula is C15H13BrClNO3. The summed E-state index contributed by atoms with van der Waals surface area (Å²) < 4.78 is 5.41. The Hall–Kier alpha value is -1.07. The second-order valence-electron chi connectivity index (χ2n) is 5.93. The monoisotopic (exact) mass is 369 g/mol. The number of carbonyl (C=O) groups is 2. The van der Waals surface area contributed by atoms with Gasteiger partial charge in [0.05, 0.1) is 27.4 Å². The molecule has 4 rings (SSSR count). The molecule has 21 heavy (non-hydrogen) atoms. The number of benzene rings is 1. The molecule has 0 radical (unpaired) electrons. The first-order valence-electron chi connectivity index (χ1n) is 6.98. The van der Waals surface area contributed by atoms with Gasteiger partial charge in [-0.15, -0.1) is 0 Å². The van der Waals surface area contributed by atoms with Crippen molar-refractivity contribution in [1.29, 1.82) is 0 Å². The van der Waals surface area contributed by atoms with E-state index in [9.17, 15) is 9.59 Å². The van der Waals surface area contributed by atoms with Crippen molar-refractivity contribution in [1.82, 2.24) is 0 Å². The van der Waals surface area contributed by atoms with Crippen molar-refractivity contribution >= 4 is 45.1 Å². The number of halogens is 2. The van der Waals surface area contributed by atoms with E-state index in [-0.39, 0.29) is 46.5 Å². The Bertz CT molecular complexity index is 637. The zero-order valence-electron chi connectivity index (χ0n) is 11.0. The molecule has 0 unspecified atom stereocenters. The predicted molar refractivity (Wildman–Crippen MR) is 81.3 cm³/mol. The number of rotatable bonds is 2. The third kappa shape index (κ3) is 1.87. The number of nitrogens with one attached hydrogen (secondary N) is 1. The van der Waals surface area contributed by atoms with Crippen LogP contribution in [0.5, 0.6) is 0 Å². The highest BCUT2D eigenvalue weighted by Gasteiger charge is 2.67. The smallest absolute Gasteiger partial charge is 0.310 e. The summed E-state index contributed by atoms with van der Waals surface area (Å²) in [5, 5.41) is 3.36. The molecule has 1 aromatic carbocycles. The van der Waals surface area contributed by atoms with E-state index in [0.29, 0.717) is 10.7 Å². The molecule has 1 aliphatic heterocycles. The minimum atomic E-state index is -0.332. The van der Waals surface area contributed by atoms with E-state index in [0.717, 1.165) is 6.42 Å². The van der Waals surface area contributed by atoms with Crippen LogP contribution in [0.25, 0.3) is 0 Å². The van der Waals surface area contributed by atoms with Crippen LogP contribution < -0.4 is 5.32 Å². The minimum Gasteiger partial charge on any atom is -0.461 e. The Labute approximate surface area is 135 Å². The van der Waals surface area contributed by atoms with Gasteiger partial charge in [0.2, 0.25) is 5.91 Å². The maximum atomic E-state index is 12.6. The molecule has 1 heterocycles. The lowest BCUT2D eigenvalue weighted by Gasteiger charge is -2.27. The van der Waals surface area contributed by atoms with Crippen molar-refractivity contribution in [3.8, 4) is 0 Å². The number of ether oxygens (including phenoxy) is 1. The topological polar surface area (TPSA) is 55.4 Å². The van der Waals surface area contributed by atoms with Crippen LogP contribution in [0.2, 0.25) is 5.02 Å². The molecule has 0 spiro atoms. The Balaban J connectivity index is 1.61. The molecule has 3 aliphatic rings. The quantitative estimate of drug-likeness (QED) is 0.643. The first kappa shape index (κ1) is 13.6. The first-order chi connectivity index (χ1) is 10.1. The summed E-state index contributed by atoms with van der Waals surface area (Å²) in [6.07, 6.45) is 0.814. The van der Waals surface area contributed by atoms with Gasteiger partial charge in [0.1, 0.15) is 6.10 Å². The Morgan fingerprint density at radius 2 is 2.10 bits per heavy atom. The SMILES string of the molecule is O=C1O[C@@H]2[C@H](Br)[C@@H]3C[C@H]2[C@H]1[C@H]3C(=O)Nc1ccccc1Cl. The summed E-state index contributed by atoms with van der Waals surface area (Å²) in [5.74, 6) is -0.665. The zero-order chi connectivity index (χ0) is 14.7. The van der Waals surface area contributed by atoms with Gasteiger partial charge in [0.15, 0.2) is 0 Å². The van der Waals surface area contributed by atoms with Gasteiger partial charge in [-0.2, -0.15) is 0 Å². The normalized spacial score (nSPS) is 39.4. The maximum Gasteiger partial charge on any atom is 0.310 e. The third-order valence-electron chi connectivity index (χ3n) is 4.96. The number of anilines is 1. The average Bonchev–Trinajstić information content (AvgIpc) is 3.05. The van der Waals surface area contributed by atoms with Crippen LogP contribution >= 0.6 is 27.5 Å². The summed E-state index contributed by atoms with van der Waals surface area (Å²) in [4.78, 5) is 24.7. The van der Waals surface area contributed by atoms with Crippen LogP contribution in [0.15, 0.2) is 24.3 Å². The van der Waals surface area contributed by atoms with Crippen molar-refractivity contribution in [2.45, 2.75) is 17.4 Å². The number of carbonyl (C=O) groups excluding carboxylic acids is 2. The van der Waals surface area contributed by atoms with Crippen molar-refractivity contribution in [3.05, 3.63) is 29.3 Å². The molecule has 2 saturated carbocycles. The maximum absolute atomic E-state index is 12.6. The van der Waals surface area contributed by atoms with Crippen LogP contribution in [-0.2, 0) is 14.3 Å². The van der Waals surface area contributed by atoms with Gasteiger partial charge in [-0.05, 0) is 24.5 Å². The molecule has 4 nitrogen and oxygen atoms in total. The van der Waals surface area contributed by atoms with Crippen molar-refractivity contribution in [2.24, 2.45) is 23.7 Å². The average molecular weight is 371 g/mol. The molecule has 0 aromatic heterocycles. The zero-order valence-corrected chi connectivity index (χ0v) is 13.3. The summed E-state index contributed by atoms with van der Waals surface area (Å²) >= 11 is 9.68. The van der Waals surface area contributed by atoms with Gasteiger partial charge in [-0.25, -0.2) is 0 Å². The minimum absolute atomic E-state index is 0.0585. The second-order valence-corrected chi connectivity index (χ2v) is 7.39. The van der Waals surface area contributed by atoms with Crippen LogP contribution in [0, 0.1) is 23.7 Å². The van der Waals surface area contributed by atoms with E-state index in [1.54, 1.807) is 12.1 Å². The number of esters is 1. The van der Waals surface area contributed by atoms with E-state index in [1.807, 2.05) is 12.1 Å². The number of alkyl halides is 1. The number of para-hydroxylation sites is 1. The van der Waals surface area contributed by atoms with E-state index in [4.69, 9.17) is 16.3 Å². The lowest BCUT2D eigenvalue weighted by molar-refractivity contribution is -0.145. The molecule has 2 bridgehead atoms. The van der Waals surface area contributed by atoms with Crippen molar-refractivity contribution in [3.63, 3.8) is 0 Å². The number of fused-ring (bicyclic) bond motifs is 1. The summed E-state index contributed by atoms with van der Waals surface area (Å²) in [6, 6.07) is 7.11. The molecule has 6 atom stereocenters. The van der Waals surface area contributed by atoms with Gasteiger partial charge in [-0.3, -0.25) is 9.59 Å². The van der Waals surface area contributed by atoms with Crippen LogP contribution in [0.1, 0.15) is 6.42 Å². The van der Waals surface area contributed by atoms with Gasteiger partial charge in [0.25, 0.3) is 0 Å². The van der Waals surface area contributed by atoms with Crippen molar-refractivity contribution < 1.29 is 14.3 Å². The Morgan fingerprint density at radius 1 is 1.33 bits per heavy atom.